The molecule has 5 rings (SSSR count). The van der Waals surface area contributed by atoms with Crippen LogP contribution in [0.3, 0.4) is 0 Å². The average molecular weight is 700 g/mol. The molecule has 0 saturated carbocycles. The molecule has 0 atom stereocenters. The SMILES string of the molecule is COc1ccc(/C=C(\NC(=O)c2ccccc2)C(=O)Nc2ccc(SCC(=O)Nc3nc(-c4ccc(Br)cc4)cs3)cc2)cc1. The van der Waals surface area contributed by atoms with Gasteiger partial charge in [-0.25, -0.2) is 4.98 Å². The van der Waals surface area contributed by atoms with Crippen LogP contribution >= 0.6 is 39.0 Å². The van der Waals surface area contributed by atoms with E-state index in [0.29, 0.717) is 27.7 Å². The maximum atomic E-state index is 13.3. The van der Waals surface area contributed by atoms with E-state index in [4.69, 9.17) is 4.74 Å². The summed E-state index contributed by atoms with van der Waals surface area (Å²) in [5, 5.41) is 10.9. The highest BCUT2D eigenvalue weighted by Gasteiger charge is 2.16. The quantitative estimate of drug-likeness (QED) is 0.0963. The lowest BCUT2D eigenvalue weighted by Crippen LogP contribution is -2.30. The summed E-state index contributed by atoms with van der Waals surface area (Å²) in [5.41, 5.74) is 3.52. The number of thiazole rings is 1. The predicted molar refractivity (Wildman–Crippen MR) is 185 cm³/mol. The van der Waals surface area contributed by atoms with Crippen molar-refractivity contribution < 1.29 is 19.1 Å². The first-order chi connectivity index (χ1) is 21.9. The number of halogens is 1. The second kappa shape index (κ2) is 15.3. The van der Waals surface area contributed by atoms with Gasteiger partial charge in [0.1, 0.15) is 11.4 Å². The normalized spacial score (nSPS) is 11.0. The molecule has 0 radical (unpaired) electrons. The molecule has 4 aromatic carbocycles. The van der Waals surface area contributed by atoms with Crippen molar-refractivity contribution in [2.24, 2.45) is 0 Å². The van der Waals surface area contributed by atoms with Crippen LogP contribution < -0.4 is 20.7 Å². The number of carbonyl (C=O) groups is 3. The third-order valence-electron chi connectivity index (χ3n) is 6.33. The summed E-state index contributed by atoms with van der Waals surface area (Å²) in [7, 11) is 1.58. The average Bonchev–Trinajstić information content (AvgIpc) is 3.53. The number of benzene rings is 4. The molecule has 45 heavy (non-hydrogen) atoms. The first-order valence-corrected chi connectivity index (χ1v) is 16.3. The van der Waals surface area contributed by atoms with E-state index in [9.17, 15) is 14.4 Å². The van der Waals surface area contributed by atoms with Crippen LogP contribution in [0.5, 0.6) is 5.75 Å². The van der Waals surface area contributed by atoms with Crippen molar-refractivity contribution in [2.75, 3.05) is 23.5 Å². The summed E-state index contributed by atoms with van der Waals surface area (Å²) in [4.78, 5) is 44.1. The number of nitrogens with zero attached hydrogens (tertiary/aromatic N) is 1. The Hall–Kier alpha value is -4.71. The monoisotopic (exact) mass is 698 g/mol. The van der Waals surface area contributed by atoms with Gasteiger partial charge in [0, 0.05) is 31.6 Å². The molecule has 0 spiro atoms. The van der Waals surface area contributed by atoms with Crippen LogP contribution in [0.4, 0.5) is 10.8 Å². The number of hydrogen-bond acceptors (Lipinski definition) is 7. The zero-order valence-corrected chi connectivity index (χ0v) is 27.2. The molecule has 5 aromatic rings. The molecule has 11 heteroatoms. The summed E-state index contributed by atoms with van der Waals surface area (Å²) in [6, 6.07) is 30.7. The topological polar surface area (TPSA) is 109 Å². The number of amides is 3. The van der Waals surface area contributed by atoms with Gasteiger partial charge < -0.3 is 20.7 Å². The van der Waals surface area contributed by atoms with E-state index < -0.39 is 11.8 Å². The highest BCUT2D eigenvalue weighted by Crippen LogP contribution is 2.27. The Balaban J connectivity index is 1.18. The van der Waals surface area contributed by atoms with Crippen LogP contribution in [0.1, 0.15) is 15.9 Å². The van der Waals surface area contributed by atoms with Crippen LogP contribution in [0.25, 0.3) is 17.3 Å². The molecule has 0 bridgehead atoms. The number of anilines is 2. The third-order valence-corrected chi connectivity index (χ3v) is 8.63. The van der Waals surface area contributed by atoms with Gasteiger partial charge in [0.05, 0.1) is 18.6 Å². The lowest BCUT2D eigenvalue weighted by Gasteiger charge is -2.12. The predicted octanol–water partition coefficient (Wildman–Crippen LogP) is 7.72. The number of ether oxygens (including phenoxy) is 1. The maximum absolute atomic E-state index is 13.3. The smallest absolute Gasteiger partial charge is 0.272 e. The second-order valence-electron chi connectivity index (χ2n) is 9.51. The summed E-state index contributed by atoms with van der Waals surface area (Å²) < 4.78 is 6.20. The highest BCUT2D eigenvalue weighted by atomic mass is 79.9. The van der Waals surface area contributed by atoms with E-state index in [1.807, 2.05) is 47.8 Å². The first-order valence-electron chi connectivity index (χ1n) is 13.6. The Morgan fingerprint density at radius 1 is 0.889 bits per heavy atom. The summed E-state index contributed by atoms with van der Waals surface area (Å²) >= 11 is 6.16. The van der Waals surface area contributed by atoms with E-state index in [0.717, 1.165) is 20.6 Å². The summed E-state index contributed by atoms with van der Waals surface area (Å²) in [6.07, 6.45) is 1.60. The number of rotatable bonds is 11. The molecule has 0 fully saturated rings. The molecule has 1 heterocycles. The van der Waals surface area contributed by atoms with Crippen LogP contribution in [0.15, 0.2) is 124 Å². The molecule has 0 saturated heterocycles. The van der Waals surface area contributed by atoms with Gasteiger partial charge in [-0.05, 0) is 72.3 Å². The highest BCUT2D eigenvalue weighted by molar-refractivity contribution is 9.10. The Kier molecular flexibility index (Phi) is 10.8. The van der Waals surface area contributed by atoms with Crippen molar-refractivity contribution in [2.45, 2.75) is 4.90 Å². The van der Waals surface area contributed by atoms with Crippen molar-refractivity contribution >= 4 is 73.6 Å². The van der Waals surface area contributed by atoms with E-state index in [-0.39, 0.29) is 17.4 Å². The number of methoxy groups -OCH3 is 1. The molecule has 3 amide bonds. The fraction of sp³-hybridized carbons (Fsp3) is 0.0588. The van der Waals surface area contributed by atoms with E-state index in [2.05, 4.69) is 36.9 Å². The van der Waals surface area contributed by atoms with Crippen molar-refractivity contribution in [1.82, 2.24) is 10.3 Å². The molecule has 8 nitrogen and oxygen atoms in total. The van der Waals surface area contributed by atoms with Crippen LogP contribution in [0.2, 0.25) is 0 Å². The summed E-state index contributed by atoms with van der Waals surface area (Å²) in [5.74, 6) is -0.190. The van der Waals surface area contributed by atoms with E-state index in [1.165, 1.54) is 23.1 Å². The minimum atomic E-state index is -0.485. The van der Waals surface area contributed by atoms with Gasteiger partial charge in [-0.15, -0.1) is 23.1 Å². The number of carbonyl (C=O) groups excluding carboxylic acids is 3. The molecule has 3 N–H and O–H groups in total. The number of hydrogen-bond donors (Lipinski definition) is 3. The Morgan fingerprint density at radius 3 is 2.29 bits per heavy atom. The lowest BCUT2D eigenvalue weighted by atomic mass is 10.1. The van der Waals surface area contributed by atoms with Crippen molar-refractivity contribution in [3.05, 3.63) is 130 Å². The minimum Gasteiger partial charge on any atom is -0.497 e. The molecule has 0 unspecified atom stereocenters. The minimum absolute atomic E-state index is 0.0784. The fourth-order valence-electron chi connectivity index (χ4n) is 4.03. The molecule has 226 valence electrons. The molecule has 1 aromatic heterocycles. The molecular weight excluding hydrogens is 672 g/mol. The zero-order chi connectivity index (χ0) is 31.6. The van der Waals surface area contributed by atoms with Crippen LogP contribution in [-0.2, 0) is 9.59 Å². The molecule has 0 aliphatic heterocycles. The molecular formula is C34H27BrN4O4S2. The lowest BCUT2D eigenvalue weighted by molar-refractivity contribution is -0.114. The first kappa shape index (κ1) is 31.7. The van der Waals surface area contributed by atoms with Crippen LogP contribution in [-0.4, -0.2) is 35.6 Å². The second-order valence-corrected chi connectivity index (χ2v) is 12.3. The zero-order valence-electron chi connectivity index (χ0n) is 24.0. The van der Waals surface area contributed by atoms with E-state index in [1.54, 1.807) is 73.8 Å². The van der Waals surface area contributed by atoms with Gasteiger partial charge >= 0.3 is 0 Å². The van der Waals surface area contributed by atoms with Gasteiger partial charge in [-0.3, -0.25) is 14.4 Å². The van der Waals surface area contributed by atoms with Crippen molar-refractivity contribution in [3.63, 3.8) is 0 Å². The van der Waals surface area contributed by atoms with Crippen molar-refractivity contribution in [3.8, 4) is 17.0 Å². The molecule has 0 aliphatic rings. The van der Waals surface area contributed by atoms with Gasteiger partial charge in [-0.1, -0.05) is 58.4 Å². The van der Waals surface area contributed by atoms with Crippen molar-refractivity contribution in [1.29, 1.82) is 0 Å². The van der Waals surface area contributed by atoms with Gasteiger partial charge in [-0.2, -0.15) is 0 Å². The van der Waals surface area contributed by atoms with Crippen LogP contribution in [0, 0.1) is 0 Å². The Morgan fingerprint density at radius 2 is 1.60 bits per heavy atom. The third kappa shape index (κ3) is 9.15. The largest absolute Gasteiger partial charge is 0.497 e. The summed E-state index contributed by atoms with van der Waals surface area (Å²) in [6.45, 7) is 0. The number of aromatic nitrogens is 1. The number of thioether (sulfide) groups is 1. The molecule has 0 aliphatic carbocycles. The Labute approximate surface area is 277 Å². The van der Waals surface area contributed by atoms with Gasteiger partial charge in [0.2, 0.25) is 5.91 Å². The fourth-order valence-corrected chi connectivity index (χ4v) is 5.73. The Bertz CT molecular complexity index is 1810. The van der Waals surface area contributed by atoms with Gasteiger partial charge in [0.25, 0.3) is 11.8 Å². The van der Waals surface area contributed by atoms with Gasteiger partial charge in [0.15, 0.2) is 5.13 Å². The maximum Gasteiger partial charge on any atom is 0.272 e. The van der Waals surface area contributed by atoms with E-state index >= 15 is 0 Å². The number of nitrogens with one attached hydrogen (secondary N) is 3. The standard InChI is InChI=1S/C34H27BrN4O4S2/c1-43-27-15-7-22(8-16-27)19-29(37-32(41)24-5-3-2-4-6-24)33(42)36-26-13-17-28(18-14-26)44-21-31(40)39-34-38-30(20-45-34)23-9-11-25(35)12-10-23/h2-20H,21H2,1H3,(H,36,42)(H,37,41)(H,38,39,40)/b29-19-.